The first-order chi connectivity index (χ1) is 10.0. The fourth-order valence-corrected chi connectivity index (χ4v) is 2.96. The standard InChI is InChI=1S/C15H29N5O/c1-4-5-18-6-8-19(9-7-18)10-14(21)11-20-13(3)15(16)12(2)17-20/h14,21H,4-11,16H2,1-3H3. The highest BCUT2D eigenvalue weighted by molar-refractivity contribution is 5.46. The molecule has 21 heavy (non-hydrogen) atoms. The first-order valence-electron chi connectivity index (χ1n) is 7.93. The van der Waals surface area contributed by atoms with Gasteiger partial charge in [-0.2, -0.15) is 5.10 Å². The maximum absolute atomic E-state index is 10.3. The highest BCUT2D eigenvalue weighted by atomic mass is 16.3. The van der Waals surface area contributed by atoms with Gasteiger partial charge in [0, 0.05) is 32.7 Å². The molecule has 6 nitrogen and oxygen atoms in total. The van der Waals surface area contributed by atoms with Crippen LogP contribution in [0.15, 0.2) is 0 Å². The Hall–Kier alpha value is -1.11. The van der Waals surface area contributed by atoms with E-state index in [0.29, 0.717) is 13.1 Å². The summed E-state index contributed by atoms with van der Waals surface area (Å²) in [5.74, 6) is 0. The average molecular weight is 295 g/mol. The monoisotopic (exact) mass is 295 g/mol. The molecule has 1 aliphatic heterocycles. The fraction of sp³-hybridized carbons (Fsp3) is 0.800. The van der Waals surface area contributed by atoms with E-state index in [0.717, 1.165) is 43.3 Å². The number of anilines is 1. The van der Waals surface area contributed by atoms with Crippen molar-refractivity contribution in [2.75, 3.05) is 45.0 Å². The third kappa shape index (κ3) is 4.18. The normalized spacial score (nSPS) is 19.0. The molecule has 2 heterocycles. The van der Waals surface area contributed by atoms with Gasteiger partial charge < -0.3 is 15.7 Å². The molecule has 1 fully saturated rings. The first kappa shape index (κ1) is 16.3. The van der Waals surface area contributed by atoms with Crippen LogP contribution in [0.3, 0.4) is 0 Å². The van der Waals surface area contributed by atoms with E-state index in [2.05, 4.69) is 21.8 Å². The van der Waals surface area contributed by atoms with Crippen LogP contribution in [0.2, 0.25) is 0 Å². The lowest BCUT2D eigenvalue weighted by Crippen LogP contribution is -2.49. The number of aliphatic hydroxyl groups is 1. The molecule has 1 aliphatic rings. The quantitative estimate of drug-likeness (QED) is 0.798. The number of piperazine rings is 1. The van der Waals surface area contributed by atoms with Crippen LogP contribution in [0.5, 0.6) is 0 Å². The van der Waals surface area contributed by atoms with Gasteiger partial charge in [-0.1, -0.05) is 6.92 Å². The van der Waals surface area contributed by atoms with Crippen LogP contribution in [0.25, 0.3) is 0 Å². The van der Waals surface area contributed by atoms with Gasteiger partial charge in [0.2, 0.25) is 0 Å². The van der Waals surface area contributed by atoms with Crippen LogP contribution in [-0.2, 0) is 6.54 Å². The maximum atomic E-state index is 10.3. The highest BCUT2D eigenvalue weighted by Gasteiger charge is 2.19. The molecular formula is C15H29N5O. The number of aliphatic hydroxyl groups excluding tert-OH is 1. The molecular weight excluding hydrogens is 266 g/mol. The molecule has 120 valence electrons. The number of hydrogen-bond donors (Lipinski definition) is 2. The maximum Gasteiger partial charge on any atom is 0.0862 e. The van der Waals surface area contributed by atoms with Gasteiger partial charge in [-0.25, -0.2) is 0 Å². The summed E-state index contributed by atoms with van der Waals surface area (Å²) in [6.07, 6.45) is 0.808. The van der Waals surface area contributed by atoms with Crippen molar-refractivity contribution in [1.82, 2.24) is 19.6 Å². The summed E-state index contributed by atoms with van der Waals surface area (Å²) in [5, 5.41) is 14.7. The minimum atomic E-state index is -0.403. The second kappa shape index (κ2) is 7.24. The van der Waals surface area contributed by atoms with Gasteiger partial charge in [0.1, 0.15) is 0 Å². The molecule has 1 aromatic heterocycles. The Kier molecular flexibility index (Phi) is 5.61. The summed E-state index contributed by atoms with van der Waals surface area (Å²) < 4.78 is 1.82. The molecule has 2 rings (SSSR count). The smallest absolute Gasteiger partial charge is 0.0862 e. The van der Waals surface area contributed by atoms with Crippen molar-refractivity contribution < 1.29 is 5.11 Å². The van der Waals surface area contributed by atoms with E-state index >= 15 is 0 Å². The predicted octanol–water partition coefficient (Wildman–Crippen LogP) is 0.471. The molecule has 0 spiro atoms. The summed E-state index contributed by atoms with van der Waals surface area (Å²) in [4.78, 5) is 4.83. The summed E-state index contributed by atoms with van der Waals surface area (Å²) in [6.45, 7) is 12.8. The second-order valence-corrected chi connectivity index (χ2v) is 6.06. The minimum absolute atomic E-state index is 0.403. The van der Waals surface area contributed by atoms with Crippen LogP contribution < -0.4 is 5.73 Å². The topological polar surface area (TPSA) is 70.5 Å². The van der Waals surface area contributed by atoms with Gasteiger partial charge in [-0.3, -0.25) is 9.58 Å². The number of rotatable bonds is 6. The van der Waals surface area contributed by atoms with Crippen molar-refractivity contribution in [1.29, 1.82) is 0 Å². The van der Waals surface area contributed by atoms with Crippen molar-refractivity contribution in [3.8, 4) is 0 Å². The lowest BCUT2D eigenvalue weighted by atomic mass is 10.2. The van der Waals surface area contributed by atoms with Crippen LogP contribution >= 0.6 is 0 Å². The summed E-state index contributed by atoms with van der Waals surface area (Å²) in [6, 6.07) is 0. The molecule has 1 atom stereocenters. The Morgan fingerprint density at radius 1 is 1.14 bits per heavy atom. The van der Waals surface area contributed by atoms with E-state index in [9.17, 15) is 5.11 Å². The first-order valence-corrected chi connectivity index (χ1v) is 7.93. The lowest BCUT2D eigenvalue weighted by Gasteiger charge is -2.35. The molecule has 0 amide bonds. The average Bonchev–Trinajstić information content (AvgIpc) is 2.69. The summed E-state index contributed by atoms with van der Waals surface area (Å²) >= 11 is 0. The van der Waals surface area contributed by atoms with E-state index < -0.39 is 6.10 Å². The van der Waals surface area contributed by atoms with E-state index in [-0.39, 0.29) is 0 Å². The van der Waals surface area contributed by atoms with Crippen molar-refractivity contribution in [3.63, 3.8) is 0 Å². The van der Waals surface area contributed by atoms with Crippen LogP contribution in [0, 0.1) is 13.8 Å². The number of nitrogens with two attached hydrogens (primary N) is 1. The number of nitrogen functional groups attached to an aromatic ring is 1. The van der Waals surface area contributed by atoms with Crippen molar-refractivity contribution in [2.45, 2.75) is 39.8 Å². The largest absolute Gasteiger partial charge is 0.396 e. The van der Waals surface area contributed by atoms with Gasteiger partial charge in [0.05, 0.1) is 29.7 Å². The van der Waals surface area contributed by atoms with E-state index in [1.54, 1.807) is 0 Å². The molecule has 0 aromatic carbocycles. The van der Waals surface area contributed by atoms with E-state index in [1.165, 1.54) is 13.0 Å². The zero-order valence-corrected chi connectivity index (χ0v) is 13.5. The lowest BCUT2D eigenvalue weighted by molar-refractivity contribution is 0.0623. The second-order valence-electron chi connectivity index (χ2n) is 6.06. The van der Waals surface area contributed by atoms with E-state index in [1.807, 2.05) is 18.5 Å². The molecule has 0 saturated carbocycles. The molecule has 1 aromatic rings. The summed E-state index contributed by atoms with van der Waals surface area (Å²) in [7, 11) is 0. The highest BCUT2D eigenvalue weighted by Crippen LogP contribution is 2.15. The van der Waals surface area contributed by atoms with Crippen molar-refractivity contribution >= 4 is 5.69 Å². The van der Waals surface area contributed by atoms with Gasteiger partial charge in [-0.15, -0.1) is 0 Å². The molecule has 1 unspecified atom stereocenters. The van der Waals surface area contributed by atoms with Gasteiger partial charge >= 0.3 is 0 Å². The van der Waals surface area contributed by atoms with Gasteiger partial charge in [-0.05, 0) is 26.8 Å². The van der Waals surface area contributed by atoms with Crippen molar-refractivity contribution in [3.05, 3.63) is 11.4 Å². The number of aryl methyl sites for hydroxylation is 1. The van der Waals surface area contributed by atoms with Crippen LogP contribution in [-0.4, -0.2) is 70.1 Å². The van der Waals surface area contributed by atoms with Crippen molar-refractivity contribution in [2.24, 2.45) is 0 Å². The zero-order chi connectivity index (χ0) is 15.4. The molecule has 6 heteroatoms. The Bertz CT molecular complexity index is 451. The molecule has 0 bridgehead atoms. The zero-order valence-electron chi connectivity index (χ0n) is 13.5. The molecule has 3 N–H and O–H groups in total. The number of hydrogen-bond acceptors (Lipinski definition) is 5. The Morgan fingerprint density at radius 2 is 1.76 bits per heavy atom. The Balaban J connectivity index is 1.80. The van der Waals surface area contributed by atoms with E-state index in [4.69, 9.17) is 5.73 Å². The Morgan fingerprint density at radius 3 is 2.29 bits per heavy atom. The van der Waals surface area contributed by atoms with Crippen LogP contribution in [0.4, 0.5) is 5.69 Å². The number of β-amino-alcohol motifs (C(OH)–C–C–N with tert-alkyl or cyclic N) is 1. The third-order valence-corrected chi connectivity index (χ3v) is 4.29. The number of aromatic nitrogens is 2. The predicted molar refractivity (Wildman–Crippen MR) is 85.3 cm³/mol. The van der Waals surface area contributed by atoms with Crippen LogP contribution in [0.1, 0.15) is 24.7 Å². The molecule has 0 radical (unpaired) electrons. The third-order valence-electron chi connectivity index (χ3n) is 4.29. The van der Waals surface area contributed by atoms with Gasteiger partial charge in [0.25, 0.3) is 0 Å². The SMILES string of the molecule is CCCN1CCN(CC(O)Cn2nc(C)c(N)c2C)CC1. The fourth-order valence-electron chi connectivity index (χ4n) is 2.96. The summed E-state index contributed by atoms with van der Waals surface area (Å²) in [5.41, 5.74) is 8.44. The minimum Gasteiger partial charge on any atom is -0.396 e. The number of nitrogens with zero attached hydrogens (tertiary/aromatic N) is 4. The molecule has 0 aliphatic carbocycles. The van der Waals surface area contributed by atoms with Gasteiger partial charge in [0.15, 0.2) is 0 Å². The molecule has 1 saturated heterocycles. The Labute approximate surface area is 127 Å².